The standard InChI is InChI=1S/C15H22ClN/c1-12(2)14-7-5-13(6-8-14)10-17-9-3-4-15(16)11-17/h5-8,12,15H,3-4,9-11H2,1-2H3. The Bertz CT molecular complexity index is 344. The van der Waals surface area contributed by atoms with Crippen molar-refractivity contribution < 1.29 is 0 Å². The fourth-order valence-corrected chi connectivity index (χ4v) is 2.76. The molecule has 1 heterocycles. The van der Waals surface area contributed by atoms with E-state index in [4.69, 9.17) is 11.6 Å². The quantitative estimate of drug-likeness (QED) is 0.734. The van der Waals surface area contributed by atoms with E-state index < -0.39 is 0 Å². The SMILES string of the molecule is CC(C)c1ccc(CN2CCCC(Cl)C2)cc1. The first-order valence-corrected chi connectivity index (χ1v) is 7.04. The number of piperidine rings is 1. The average Bonchev–Trinajstić information content (AvgIpc) is 2.29. The molecule has 0 N–H and O–H groups in total. The predicted octanol–water partition coefficient (Wildman–Crippen LogP) is 4.01. The van der Waals surface area contributed by atoms with Crippen LogP contribution in [0.5, 0.6) is 0 Å². The van der Waals surface area contributed by atoms with Crippen molar-refractivity contribution in [1.82, 2.24) is 4.90 Å². The molecule has 1 aromatic rings. The third-order valence-corrected chi connectivity index (χ3v) is 3.86. The van der Waals surface area contributed by atoms with Crippen LogP contribution in [0.2, 0.25) is 0 Å². The number of nitrogens with zero attached hydrogens (tertiary/aromatic N) is 1. The maximum Gasteiger partial charge on any atom is 0.0463 e. The van der Waals surface area contributed by atoms with Crippen LogP contribution in [-0.2, 0) is 6.54 Å². The van der Waals surface area contributed by atoms with E-state index in [1.165, 1.54) is 30.5 Å². The van der Waals surface area contributed by atoms with Gasteiger partial charge >= 0.3 is 0 Å². The second kappa shape index (κ2) is 5.88. The van der Waals surface area contributed by atoms with Crippen LogP contribution >= 0.6 is 11.6 Å². The first-order chi connectivity index (χ1) is 8.15. The van der Waals surface area contributed by atoms with Gasteiger partial charge in [-0.25, -0.2) is 0 Å². The van der Waals surface area contributed by atoms with Crippen LogP contribution in [0.4, 0.5) is 0 Å². The molecule has 1 aliphatic rings. The largest absolute Gasteiger partial charge is 0.298 e. The summed E-state index contributed by atoms with van der Waals surface area (Å²) in [6.45, 7) is 7.74. The molecule has 2 rings (SSSR count). The number of benzene rings is 1. The van der Waals surface area contributed by atoms with Gasteiger partial charge in [-0.3, -0.25) is 4.90 Å². The zero-order chi connectivity index (χ0) is 12.3. The van der Waals surface area contributed by atoms with Gasteiger partial charge in [0.05, 0.1) is 0 Å². The molecule has 17 heavy (non-hydrogen) atoms. The maximum atomic E-state index is 6.20. The molecule has 1 aromatic carbocycles. The van der Waals surface area contributed by atoms with Gasteiger partial charge in [-0.2, -0.15) is 0 Å². The van der Waals surface area contributed by atoms with Crippen molar-refractivity contribution >= 4 is 11.6 Å². The molecule has 94 valence electrons. The van der Waals surface area contributed by atoms with Crippen molar-refractivity contribution in [2.75, 3.05) is 13.1 Å². The van der Waals surface area contributed by atoms with Crippen molar-refractivity contribution in [2.24, 2.45) is 0 Å². The molecule has 2 heteroatoms. The number of hydrogen-bond donors (Lipinski definition) is 0. The van der Waals surface area contributed by atoms with Gasteiger partial charge in [-0.15, -0.1) is 11.6 Å². The topological polar surface area (TPSA) is 3.24 Å². The van der Waals surface area contributed by atoms with Crippen molar-refractivity contribution in [2.45, 2.75) is 44.5 Å². The fourth-order valence-electron chi connectivity index (χ4n) is 2.41. The van der Waals surface area contributed by atoms with E-state index in [1.54, 1.807) is 0 Å². The molecule has 1 aliphatic heterocycles. The molecule has 0 bridgehead atoms. The molecule has 1 atom stereocenters. The Labute approximate surface area is 110 Å². The first kappa shape index (κ1) is 12.9. The monoisotopic (exact) mass is 251 g/mol. The lowest BCUT2D eigenvalue weighted by Gasteiger charge is -2.29. The molecule has 0 saturated carbocycles. The van der Waals surface area contributed by atoms with Crippen LogP contribution in [0.3, 0.4) is 0 Å². The van der Waals surface area contributed by atoms with Crippen LogP contribution in [-0.4, -0.2) is 23.4 Å². The lowest BCUT2D eigenvalue weighted by molar-refractivity contribution is 0.224. The van der Waals surface area contributed by atoms with E-state index in [2.05, 4.69) is 43.0 Å². The molecule has 1 unspecified atom stereocenters. The van der Waals surface area contributed by atoms with Crippen LogP contribution in [0, 0.1) is 0 Å². The van der Waals surface area contributed by atoms with Gasteiger partial charge in [-0.05, 0) is 36.4 Å². The van der Waals surface area contributed by atoms with E-state index >= 15 is 0 Å². The Morgan fingerprint density at radius 1 is 1.29 bits per heavy atom. The second-order valence-electron chi connectivity index (χ2n) is 5.37. The van der Waals surface area contributed by atoms with Crippen LogP contribution in [0.15, 0.2) is 24.3 Å². The number of halogens is 1. The Hall–Kier alpha value is -0.530. The molecule has 0 aromatic heterocycles. The van der Waals surface area contributed by atoms with E-state index in [-0.39, 0.29) is 0 Å². The summed E-state index contributed by atoms with van der Waals surface area (Å²) >= 11 is 6.20. The predicted molar refractivity (Wildman–Crippen MR) is 74.7 cm³/mol. The van der Waals surface area contributed by atoms with Crippen molar-refractivity contribution in [1.29, 1.82) is 0 Å². The zero-order valence-corrected chi connectivity index (χ0v) is 11.6. The summed E-state index contributed by atoms with van der Waals surface area (Å²) in [5, 5.41) is 0.346. The third kappa shape index (κ3) is 3.72. The Kier molecular flexibility index (Phi) is 4.47. The van der Waals surface area contributed by atoms with Gasteiger partial charge in [-0.1, -0.05) is 38.1 Å². The molecule has 0 spiro atoms. The van der Waals surface area contributed by atoms with Crippen molar-refractivity contribution in [3.05, 3.63) is 35.4 Å². The summed E-state index contributed by atoms with van der Waals surface area (Å²) < 4.78 is 0. The van der Waals surface area contributed by atoms with Gasteiger partial charge in [0.1, 0.15) is 0 Å². The molecule has 0 radical (unpaired) electrons. The lowest BCUT2D eigenvalue weighted by atomic mass is 10.0. The molecule has 1 fully saturated rings. The summed E-state index contributed by atoms with van der Waals surface area (Å²) in [5.74, 6) is 0.617. The highest BCUT2D eigenvalue weighted by Crippen LogP contribution is 2.19. The fraction of sp³-hybridized carbons (Fsp3) is 0.600. The summed E-state index contributed by atoms with van der Waals surface area (Å²) in [4.78, 5) is 2.46. The summed E-state index contributed by atoms with van der Waals surface area (Å²) in [5.41, 5.74) is 2.82. The Balaban J connectivity index is 1.94. The van der Waals surface area contributed by atoms with Crippen LogP contribution < -0.4 is 0 Å². The molecular weight excluding hydrogens is 230 g/mol. The minimum absolute atomic E-state index is 0.346. The first-order valence-electron chi connectivity index (χ1n) is 6.60. The van der Waals surface area contributed by atoms with Gasteiger partial charge in [0.2, 0.25) is 0 Å². The molecule has 1 nitrogen and oxygen atoms in total. The lowest BCUT2D eigenvalue weighted by Crippen LogP contribution is -2.35. The highest BCUT2D eigenvalue weighted by molar-refractivity contribution is 6.20. The number of alkyl halides is 1. The number of hydrogen-bond acceptors (Lipinski definition) is 1. The highest BCUT2D eigenvalue weighted by Gasteiger charge is 2.17. The molecule has 0 aliphatic carbocycles. The molecule has 0 amide bonds. The average molecular weight is 252 g/mol. The Morgan fingerprint density at radius 3 is 2.59 bits per heavy atom. The maximum absolute atomic E-state index is 6.20. The number of rotatable bonds is 3. The minimum Gasteiger partial charge on any atom is -0.298 e. The molecule has 1 saturated heterocycles. The van der Waals surface area contributed by atoms with Gasteiger partial charge in [0.15, 0.2) is 0 Å². The third-order valence-electron chi connectivity index (χ3n) is 3.50. The Morgan fingerprint density at radius 2 is 2.00 bits per heavy atom. The molecular formula is C15H22ClN. The van der Waals surface area contributed by atoms with E-state index in [9.17, 15) is 0 Å². The van der Waals surface area contributed by atoms with Gasteiger partial charge < -0.3 is 0 Å². The second-order valence-corrected chi connectivity index (χ2v) is 5.99. The normalized spacial score (nSPS) is 22.0. The van der Waals surface area contributed by atoms with Gasteiger partial charge in [0.25, 0.3) is 0 Å². The highest BCUT2D eigenvalue weighted by atomic mass is 35.5. The summed E-state index contributed by atoms with van der Waals surface area (Å²) in [6, 6.07) is 9.02. The zero-order valence-electron chi connectivity index (χ0n) is 10.8. The summed E-state index contributed by atoms with van der Waals surface area (Å²) in [7, 11) is 0. The smallest absolute Gasteiger partial charge is 0.0463 e. The minimum atomic E-state index is 0.346. The van der Waals surface area contributed by atoms with Gasteiger partial charge in [0, 0.05) is 18.5 Å². The van der Waals surface area contributed by atoms with Crippen molar-refractivity contribution in [3.63, 3.8) is 0 Å². The van der Waals surface area contributed by atoms with Crippen molar-refractivity contribution in [3.8, 4) is 0 Å². The van der Waals surface area contributed by atoms with E-state index in [0.717, 1.165) is 13.1 Å². The van der Waals surface area contributed by atoms with Crippen LogP contribution in [0.25, 0.3) is 0 Å². The van der Waals surface area contributed by atoms with E-state index in [1.807, 2.05) is 0 Å². The van der Waals surface area contributed by atoms with E-state index in [0.29, 0.717) is 11.3 Å². The summed E-state index contributed by atoms with van der Waals surface area (Å²) in [6.07, 6.45) is 2.41. The van der Waals surface area contributed by atoms with Crippen LogP contribution in [0.1, 0.15) is 43.7 Å². The number of likely N-dealkylation sites (tertiary alicyclic amines) is 1.